The van der Waals surface area contributed by atoms with Crippen LogP contribution in [0.5, 0.6) is 0 Å². The zero-order valence-electron chi connectivity index (χ0n) is 11.3. The van der Waals surface area contributed by atoms with Gasteiger partial charge in [0.1, 0.15) is 0 Å². The number of hydrogen-bond acceptors (Lipinski definition) is 2. The van der Waals surface area contributed by atoms with E-state index in [0.717, 1.165) is 18.5 Å². The van der Waals surface area contributed by atoms with Crippen LogP contribution in [0.25, 0.3) is 0 Å². The summed E-state index contributed by atoms with van der Waals surface area (Å²) in [6, 6.07) is 13.2. The van der Waals surface area contributed by atoms with Crippen LogP contribution >= 0.6 is 0 Å². The predicted molar refractivity (Wildman–Crippen MR) is 76.5 cm³/mol. The van der Waals surface area contributed by atoms with Gasteiger partial charge in [0.25, 0.3) is 11.5 Å². The third-order valence-corrected chi connectivity index (χ3v) is 3.82. The Morgan fingerprint density at radius 3 is 2.55 bits per heavy atom. The minimum atomic E-state index is -0.160. The first-order valence-corrected chi connectivity index (χ1v) is 6.69. The number of carbonyl (C=O) groups is 1. The lowest BCUT2D eigenvalue weighted by atomic mass is 9.94. The van der Waals surface area contributed by atoms with Crippen molar-refractivity contribution < 1.29 is 4.79 Å². The predicted octanol–water partition coefficient (Wildman–Crippen LogP) is 1.97. The molecular weight excluding hydrogens is 252 g/mol. The number of likely N-dealkylation sites (tertiary alicyclic amines) is 1. The van der Waals surface area contributed by atoms with E-state index in [2.05, 4.69) is 0 Å². The second-order valence-electron chi connectivity index (χ2n) is 5.08. The topological polar surface area (TPSA) is 42.3 Å². The Bertz CT molecular complexity index is 691. The molecule has 0 spiro atoms. The van der Waals surface area contributed by atoms with Gasteiger partial charge in [-0.05, 0) is 18.1 Å². The number of hydrogen-bond donors (Lipinski definition) is 0. The molecule has 1 aromatic heterocycles. The maximum Gasteiger partial charge on any atom is 0.254 e. The van der Waals surface area contributed by atoms with Gasteiger partial charge < -0.3 is 9.47 Å². The molecule has 1 amide bonds. The normalized spacial score (nSPS) is 17.6. The van der Waals surface area contributed by atoms with Crippen molar-refractivity contribution in [3.05, 3.63) is 70.1 Å². The summed E-state index contributed by atoms with van der Waals surface area (Å²) in [6.07, 6.45) is 2.60. The average molecular weight is 268 g/mol. The van der Waals surface area contributed by atoms with E-state index in [4.69, 9.17) is 0 Å². The summed E-state index contributed by atoms with van der Waals surface area (Å²) in [4.78, 5) is 25.9. The van der Waals surface area contributed by atoms with E-state index >= 15 is 0 Å². The fraction of sp³-hybridized carbons (Fsp3) is 0.250. The van der Waals surface area contributed by atoms with Crippen LogP contribution in [0.2, 0.25) is 0 Å². The largest absolute Gasteiger partial charge is 0.331 e. The van der Waals surface area contributed by atoms with Crippen molar-refractivity contribution in [3.63, 3.8) is 0 Å². The molecule has 3 rings (SSSR count). The molecule has 1 aliphatic rings. The molecule has 0 saturated carbocycles. The lowest BCUT2D eigenvalue weighted by Crippen LogP contribution is -2.45. The molecule has 2 aromatic rings. The highest BCUT2D eigenvalue weighted by Crippen LogP contribution is 2.34. The number of pyridine rings is 1. The number of aryl methyl sites for hydroxylation is 1. The summed E-state index contributed by atoms with van der Waals surface area (Å²) in [5, 5.41) is 0. The molecule has 0 radical (unpaired) electrons. The van der Waals surface area contributed by atoms with Crippen LogP contribution < -0.4 is 5.56 Å². The number of carbonyl (C=O) groups excluding carboxylic acids is 1. The Kier molecular flexibility index (Phi) is 3.14. The van der Waals surface area contributed by atoms with E-state index < -0.39 is 0 Å². The van der Waals surface area contributed by atoms with Gasteiger partial charge in [-0.15, -0.1) is 0 Å². The molecule has 1 aromatic carbocycles. The van der Waals surface area contributed by atoms with Crippen molar-refractivity contribution in [1.29, 1.82) is 0 Å². The Balaban J connectivity index is 1.84. The molecule has 1 saturated heterocycles. The molecule has 4 nitrogen and oxygen atoms in total. The van der Waals surface area contributed by atoms with Crippen LogP contribution in [-0.4, -0.2) is 21.9 Å². The number of amides is 1. The minimum absolute atomic E-state index is 0.0668. The molecule has 0 aliphatic carbocycles. The van der Waals surface area contributed by atoms with Gasteiger partial charge in [0.2, 0.25) is 0 Å². The van der Waals surface area contributed by atoms with Crippen molar-refractivity contribution in [2.24, 2.45) is 7.05 Å². The van der Waals surface area contributed by atoms with E-state index in [0.29, 0.717) is 5.56 Å². The maximum atomic E-state index is 12.5. The molecular formula is C16H16N2O2. The van der Waals surface area contributed by atoms with E-state index in [1.807, 2.05) is 35.2 Å². The van der Waals surface area contributed by atoms with Crippen LogP contribution in [-0.2, 0) is 7.05 Å². The number of benzene rings is 1. The SMILES string of the molecule is Cn1ccc(C(=O)N2CCC2c2ccccc2)cc1=O. The molecule has 0 bridgehead atoms. The molecule has 1 unspecified atom stereocenters. The summed E-state index contributed by atoms with van der Waals surface area (Å²) < 4.78 is 1.46. The quantitative estimate of drug-likeness (QED) is 0.835. The van der Waals surface area contributed by atoms with Crippen molar-refractivity contribution in [3.8, 4) is 0 Å². The number of nitrogens with zero attached hydrogens (tertiary/aromatic N) is 2. The van der Waals surface area contributed by atoms with E-state index in [1.165, 1.54) is 10.6 Å². The Morgan fingerprint density at radius 2 is 1.95 bits per heavy atom. The molecule has 1 aliphatic heterocycles. The van der Waals surface area contributed by atoms with Gasteiger partial charge in [-0.1, -0.05) is 30.3 Å². The van der Waals surface area contributed by atoms with Crippen LogP contribution in [0.3, 0.4) is 0 Å². The zero-order chi connectivity index (χ0) is 14.1. The van der Waals surface area contributed by atoms with Gasteiger partial charge in [0.15, 0.2) is 0 Å². The second kappa shape index (κ2) is 4.96. The summed E-state index contributed by atoms with van der Waals surface area (Å²) in [5.74, 6) is -0.0668. The average Bonchev–Trinajstić information content (AvgIpc) is 2.42. The van der Waals surface area contributed by atoms with Crippen molar-refractivity contribution in [2.45, 2.75) is 12.5 Å². The smallest absolute Gasteiger partial charge is 0.254 e. The first-order valence-electron chi connectivity index (χ1n) is 6.69. The third-order valence-electron chi connectivity index (χ3n) is 3.82. The standard InChI is InChI=1S/C16H16N2O2/c1-17-9-7-13(11-15(17)19)16(20)18-10-8-14(18)12-5-3-2-4-6-12/h2-7,9,11,14H,8,10H2,1H3. The van der Waals surface area contributed by atoms with Gasteiger partial charge in [0, 0.05) is 31.4 Å². The Hall–Kier alpha value is -2.36. The van der Waals surface area contributed by atoms with Gasteiger partial charge in [-0.2, -0.15) is 0 Å². The molecule has 1 fully saturated rings. The van der Waals surface area contributed by atoms with E-state index in [9.17, 15) is 9.59 Å². The summed E-state index contributed by atoms with van der Waals surface area (Å²) in [5.41, 5.74) is 1.46. The van der Waals surface area contributed by atoms with Crippen LogP contribution in [0.15, 0.2) is 53.5 Å². The van der Waals surface area contributed by atoms with Gasteiger partial charge in [0.05, 0.1) is 6.04 Å². The van der Waals surface area contributed by atoms with Crippen LogP contribution in [0.4, 0.5) is 0 Å². The highest BCUT2D eigenvalue weighted by molar-refractivity contribution is 5.94. The number of aromatic nitrogens is 1. The number of rotatable bonds is 2. The van der Waals surface area contributed by atoms with Crippen molar-refractivity contribution >= 4 is 5.91 Å². The fourth-order valence-electron chi connectivity index (χ4n) is 2.50. The second-order valence-corrected chi connectivity index (χ2v) is 5.08. The molecule has 20 heavy (non-hydrogen) atoms. The zero-order valence-corrected chi connectivity index (χ0v) is 11.3. The monoisotopic (exact) mass is 268 g/mol. The van der Waals surface area contributed by atoms with Gasteiger partial charge in [-0.25, -0.2) is 0 Å². The molecule has 1 atom stereocenters. The molecule has 2 heterocycles. The first-order chi connectivity index (χ1) is 9.66. The lowest BCUT2D eigenvalue weighted by Gasteiger charge is -2.41. The minimum Gasteiger partial charge on any atom is -0.331 e. The molecule has 4 heteroatoms. The van der Waals surface area contributed by atoms with E-state index in [-0.39, 0.29) is 17.5 Å². The lowest BCUT2D eigenvalue weighted by molar-refractivity contribution is 0.0460. The van der Waals surface area contributed by atoms with Crippen molar-refractivity contribution in [2.75, 3.05) is 6.54 Å². The van der Waals surface area contributed by atoms with Gasteiger partial charge in [-0.3, -0.25) is 9.59 Å². The Morgan fingerprint density at radius 1 is 1.20 bits per heavy atom. The molecule has 0 N–H and O–H groups in total. The van der Waals surface area contributed by atoms with E-state index in [1.54, 1.807) is 19.3 Å². The Labute approximate surface area is 117 Å². The highest BCUT2D eigenvalue weighted by Gasteiger charge is 2.33. The summed E-state index contributed by atoms with van der Waals surface area (Å²) in [6.45, 7) is 0.744. The maximum absolute atomic E-state index is 12.5. The van der Waals surface area contributed by atoms with Crippen LogP contribution in [0, 0.1) is 0 Å². The summed E-state index contributed by atoms with van der Waals surface area (Å²) >= 11 is 0. The first kappa shape index (κ1) is 12.7. The summed E-state index contributed by atoms with van der Waals surface area (Å²) in [7, 11) is 1.67. The fourth-order valence-corrected chi connectivity index (χ4v) is 2.50. The van der Waals surface area contributed by atoms with Crippen LogP contribution in [0.1, 0.15) is 28.4 Å². The molecule has 102 valence electrons. The van der Waals surface area contributed by atoms with Gasteiger partial charge >= 0.3 is 0 Å². The highest BCUT2D eigenvalue weighted by atomic mass is 16.2. The van der Waals surface area contributed by atoms with Crippen molar-refractivity contribution in [1.82, 2.24) is 9.47 Å². The third kappa shape index (κ3) is 2.13.